The average Bonchev–Trinajstić information content (AvgIpc) is 3.58. The first kappa shape index (κ1) is 20.7. The third-order valence-electron chi connectivity index (χ3n) is 7.10. The number of ether oxygens (including phenoxy) is 1. The molecule has 1 unspecified atom stereocenters. The Balaban J connectivity index is 1.46. The van der Waals surface area contributed by atoms with Crippen LogP contribution in [0, 0.1) is 0 Å². The quantitative estimate of drug-likeness (QED) is 0.591. The van der Waals surface area contributed by atoms with E-state index in [9.17, 15) is 4.79 Å². The molecule has 2 aromatic heterocycles. The van der Waals surface area contributed by atoms with E-state index in [1.54, 1.807) is 11.6 Å². The number of benzene rings is 1. The number of halogens is 1. The molecule has 3 aliphatic rings. The minimum absolute atomic E-state index is 0.104. The lowest BCUT2D eigenvalue weighted by Gasteiger charge is -2.28. The zero-order chi connectivity index (χ0) is 22.7. The number of aromatic nitrogens is 4. The van der Waals surface area contributed by atoms with Crippen molar-refractivity contribution in [3.05, 3.63) is 46.4 Å². The van der Waals surface area contributed by atoms with Gasteiger partial charge in [-0.3, -0.25) is 14.2 Å². The minimum atomic E-state index is 0.104. The second kappa shape index (κ2) is 7.88. The molecule has 0 radical (unpaired) electrons. The Morgan fingerprint density at radius 3 is 2.79 bits per heavy atom. The number of anilines is 2. The van der Waals surface area contributed by atoms with E-state index in [2.05, 4.69) is 20.7 Å². The first-order valence-corrected chi connectivity index (χ1v) is 11.9. The van der Waals surface area contributed by atoms with Gasteiger partial charge in [0.2, 0.25) is 5.91 Å². The predicted molar refractivity (Wildman–Crippen MR) is 126 cm³/mol. The summed E-state index contributed by atoms with van der Waals surface area (Å²) < 4.78 is 9.65. The van der Waals surface area contributed by atoms with Crippen LogP contribution in [0.5, 0.6) is 0 Å². The number of carbonyl (C=O) groups excluding carboxylic acids is 1. The number of aryl methyl sites for hydroxylation is 1. The van der Waals surface area contributed by atoms with Gasteiger partial charge in [-0.15, -0.1) is 0 Å². The molecule has 33 heavy (non-hydrogen) atoms. The molecule has 172 valence electrons. The number of nitrogens with zero attached hydrogens (tertiary/aromatic N) is 6. The summed E-state index contributed by atoms with van der Waals surface area (Å²) in [7, 11) is 1.91. The van der Waals surface area contributed by atoms with Crippen molar-refractivity contribution >= 4 is 29.0 Å². The summed E-state index contributed by atoms with van der Waals surface area (Å²) in [5.74, 6) is 1.05. The molecule has 0 bridgehead atoms. The first-order valence-electron chi connectivity index (χ1n) is 11.5. The van der Waals surface area contributed by atoms with Crippen LogP contribution in [0.4, 0.5) is 11.5 Å². The normalized spacial score (nSPS) is 19.8. The first-order chi connectivity index (χ1) is 16.0. The fourth-order valence-corrected chi connectivity index (χ4v) is 5.65. The third kappa shape index (κ3) is 3.43. The SMILES string of the molecule is CC(=O)N1CCc2c(c(N3CCc4c(Cl)cc(-c5cnn(C)c5)cc43)nn2C2CCOC2)C1. The molecule has 0 aliphatic carbocycles. The maximum absolute atomic E-state index is 12.2. The summed E-state index contributed by atoms with van der Waals surface area (Å²) in [6.07, 6.45) is 6.51. The Bertz CT molecular complexity index is 1240. The van der Waals surface area contributed by atoms with Crippen LogP contribution in [0.15, 0.2) is 24.5 Å². The van der Waals surface area contributed by atoms with E-state index < -0.39 is 0 Å². The summed E-state index contributed by atoms with van der Waals surface area (Å²) in [5, 5.41) is 10.2. The van der Waals surface area contributed by atoms with Gasteiger partial charge in [-0.25, -0.2) is 0 Å². The fourth-order valence-electron chi connectivity index (χ4n) is 5.34. The second-order valence-corrected chi connectivity index (χ2v) is 9.57. The highest BCUT2D eigenvalue weighted by molar-refractivity contribution is 6.32. The predicted octanol–water partition coefficient (Wildman–Crippen LogP) is 3.50. The van der Waals surface area contributed by atoms with Gasteiger partial charge in [0.15, 0.2) is 5.82 Å². The van der Waals surface area contributed by atoms with Crippen LogP contribution in [0.2, 0.25) is 5.02 Å². The molecule has 6 rings (SSSR count). The Morgan fingerprint density at radius 2 is 2.06 bits per heavy atom. The van der Waals surface area contributed by atoms with Crippen LogP contribution < -0.4 is 4.90 Å². The van der Waals surface area contributed by atoms with Gasteiger partial charge in [-0.05, 0) is 36.1 Å². The van der Waals surface area contributed by atoms with E-state index >= 15 is 0 Å². The summed E-state index contributed by atoms with van der Waals surface area (Å²) in [4.78, 5) is 16.4. The highest BCUT2D eigenvalue weighted by atomic mass is 35.5. The zero-order valence-corrected chi connectivity index (χ0v) is 19.7. The molecule has 0 spiro atoms. The topological polar surface area (TPSA) is 68.4 Å². The molecule has 1 fully saturated rings. The summed E-state index contributed by atoms with van der Waals surface area (Å²) in [6, 6.07) is 4.48. The van der Waals surface area contributed by atoms with Gasteiger partial charge in [0.1, 0.15) is 0 Å². The molecule has 8 nitrogen and oxygen atoms in total. The maximum atomic E-state index is 12.2. The Labute approximate surface area is 197 Å². The smallest absolute Gasteiger partial charge is 0.219 e. The van der Waals surface area contributed by atoms with E-state index in [0.29, 0.717) is 13.2 Å². The summed E-state index contributed by atoms with van der Waals surface area (Å²) in [5.41, 5.74) is 6.71. The molecule has 3 aliphatic heterocycles. The Hall–Kier alpha value is -2.84. The molecular weight excluding hydrogens is 440 g/mol. The van der Waals surface area contributed by atoms with Gasteiger partial charge < -0.3 is 14.5 Å². The number of rotatable bonds is 3. The molecule has 0 N–H and O–H groups in total. The molecule has 5 heterocycles. The van der Waals surface area contributed by atoms with E-state index in [0.717, 1.165) is 77.7 Å². The number of fused-ring (bicyclic) bond motifs is 2. The van der Waals surface area contributed by atoms with Crippen molar-refractivity contribution in [3.63, 3.8) is 0 Å². The van der Waals surface area contributed by atoms with Crippen molar-refractivity contribution in [1.82, 2.24) is 24.5 Å². The fraction of sp³-hybridized carbons (Fsp3) is 0.458. The molecule has 1 saturated heterocycles. The van der Waals surface area contributed by atoms with Crippen LogP contribution >= 0.6 is 11.6 Å². The molecule has 1 amide bonds. The molecule has 1 atom stereocenters. The largest absolute Gasteiger partial charge is 0.379 e. The van der Waals surface area contributed by atoms with Crippen LogP contribution in [0.1, 0.15) is 36.2 Å². The maximum Gasteiger partial charge on any atom is 0.219 e. The van der Waals surface area contributed by atoms with Crippen molar-refractivity contribution in [1.29, 1.82) is 0 Å². The number of hydrogen-bond donors (Lipinski definition) is 0. The minimum Gasteiger partial charge on any atom is -0.379 e. The lowest BCUT2D eigenvalue weighted by Crippen LogP contribution is -2.35. The molecule has 1 aromatic carbocycles. The number of hydrogen-bond acceptors (Lipinski definition) is 5. The lowest BCUT2D eigenvalue weighted by molar-refractivity contribution is -0.129. The summed E-state index contributed by atoms with van der Waals surface area (Å²) >= 11 is 6.75. The number of carbonyl (C=O) groups is 1. The highest BCUT2D eigenvalue weighted by Gasteiger charge is 2.35. The summed E-state index contributed by atoms with van der Waals surface area (Å²) in [6.45, 7) is 5.24. The average molecular weight is 467 g/mol. The van der Waals surface area contributed by atoms with Gasteiger partial charge in [-0.2, -0.15) is 10.2 Å². The van der Waals surface area contributed by atoms with Crippen molar-refractivity contribution in [3.8, 4) is 11.1 Å². The third-order valence-corrected chi connectivity index (χ3v) is 7.44. The molecular formula is C24H27ClN6O2. The van der Waals surface area contributed by atoms with Gasteiger partial charge in [0, 0.05) is 73.8 Å². The Morgan fingerprint density at radius 1 is 1.18 bits per heavy atom. The van der Waals surface area contributed by atoms with E-state index in [-0.39, 0.29) is 11.9 Å². The highest BCUT2D eigenvalue weighted by Crippen LogP contribution is 2.44. The van der Waals surface area contributed by atoms with Crippen molar-refractivity contribution in [2.24, 2.45) is 7.05 Å². The van der Waals surface area contributed by atoms with Crippen LogP contribution in [-0.2, 0) is 36.0 Å². The second-order valence-electron chi connectivity index (χ2n) is 9.16. The van der Waals surface area contributed by atoms with Crippen molar-refractivity contribution < 1.29 is 9.53 Å². The van der Waals surface area contributed by atoms with Gasteiger partial charge in [0.05, 0.1) is 25.4 Å². The molecule has 0 saturated carbocycles. The van der Waals surface area contributed by atoms with Gasteiger partial charge in [-0.1, -0.05) is 11.6 Å². The van der Waals surface area contributed by atoms with Crippen LogP contribution in [0.3, 0.4) is 0 Å². The zero-order valence-electron chi connectivity index (χ0n) is 18.9. The van der Waals surface area contributed by atoms with E-state index in [4.69, 9.17) is 21.4 Å². The monoisotopic (exact) mass is 466 g/mol. The van der Waals surface area contributed by atoms with E-state index in [1.165, 1.54) is 5.69 Å². The number of amides is 1. The van der Waals surface area contributed by atoms with Crippen molar-refractivity contribution in [2.45, 2.75) is 38.8 Å². The van der Waals surface area contributed by atoms with Gasteiger partial charge in [0.25, 0.3) is 0 Å². The molecule has 3 aromatic rings. The van der Waals surface area contributed by atoms with E-state index in [1.807, 2.05) is 30.4 Å². The Kier molecular flexibility index (Phi) is 4.96. The lowest BCUT2D eigenvalue weighted by atomic mass is 10.0. The van der Waals surface area contributed by atoms with Crippen LogP contribution in [-0.4, -0.2) is 56.7 Å². The molecule has 9 heteroatoms. The van der Waals surface area contributed by atoms with Crippen molar-refractivity contribution in [2.75, 3.05) is 31.2 Å². The standard InChI is InChI=1S/C24H27ClN6O2/c1-15(32)29-6-4-22-20(13-29)24(27-31(22)18-5-8-33-14-18)30-7-3-19-21(25)9-16(10-23(19)30)17-11-26-28(2)12-17/h9-12,18H,3-8,13-14H2,1-2H3. The van der Waals surface area contributed by atoms with Gasteiger partial charge >= 0.3 is 0 Å². The van der Waals surface area contributed by atoms with Crippen LogP contribution in [0.25, 0.3) is 11.1 Å².